The van der Waals surface area contributed by atoms with Crippen molar-refractivity contribution in [2.24, 2.45) is 0 Å². The third-order valence-electron chi connectivity index (χ3n) is 7.93. The van der Waals surface area contributed by atoms with Gasteiger partial charge < -0.3 is 24.6 Å². The van der Waals surface area contributed by atoms with E-state index in [1.165, 1.54) is 21.8 Å². The first-order chi connectivity index (χ1) is 24.3. The molecule has 5 rings (SSSR count). The summed E-state index contributed by atoms with van der Waals surface area (Å²) >= 11 is 0. The largest absolute Gasteiger partial charge is 0.497 e. The highest BCUT2D eigenvalue weighted by Gasteiger charge is 2.39. The number of rotatable bonds is 16. The van der Waals surface area contributed by atoms with Gasteiger partial charge in [0.1, 0.15) is 11.5 Å². The van der Waals surface area contributed by atoms with Gasteiger partial charge in [0.05, 0.1) is 43.9 Å². The van der Waals surface area contributed by atoms with E-state index in [0.29, 0.717) is 17.7 Å². The molecule has 1 aliphatic heterocycles. The summed E-state index contributed by atoms with van der Waals surface area (Å²) in [4.78, 5) is 38.7. The summed E-state index contributed by atoms with van der Waals surface area (Å²) in [5, 5.41) is 29.0. The lowest BCUT2D eigenvalue weighted by atomic mass is 10.1. The van der Waals surface area contributed by atoms with E-state index in [0.717, 1.165) is 18.4 Å². The third kappa shape index (κ3) is 8.68. The maximum absolute atomic E-state index is 13.3. The number of carbonyl (C=O) groups excluding carboxylic acids is 2. The van der Waals surface area contributed by atoms with Gasteiger partial charge in [-0.2, -0.15) is 0 Å². The van der Waals surface area contributed by atoms with Gasteiger partial charge in [-0.3, -0.25) is 30.1 Å². The number of aliphatic hydroxyl groups excluding tert-OH is 1. The van der Waals surface area contributed by atoms with E-state index in [2.05, 4.69) is 22.9 Å². The quantitative estimate of drug-likeness (QED) is 0.0404. The van der Waals surface area contributed by atoms with Crippen molar-refractivity contribution in [3.8, 4) is 11.5 Å². The fourth-order valence-electron chi connectivity index (χ4n) is 5.46. The standard InChI is InChI=1S/C37H39N5O8/c1-3-49-37(45)34-36(44)39-41(40(34)24-27-17-20-30(48-2)21-18-27)25-29-19-22-31(50-23-11-10-14-26-12-6-4-7-13-26)32(33(29)42(46)47)38-35(43)28-15-8-5-9-16-28/h4-9,12-13,15-22,45H,3,10-11,14,23-25H2,1-2H3,(H,38,43)(H,39,44). The number of hydrogen-bond acceptors (Lipinski definition) is 10. The number of aliphatic hydroxyl groups is 1. The highest BCUT2D eigenvalue weighted by Crippen LogP contribution is 2.39. The molecular weight excluding hydrogens is 642 g/mol. The molecule has 50 heavy (non-hydrogen) atoms. The normalized spacial score (nSPS) is 13.8. The Hall–Kier alpha value is -6.08. The van der Waals surface area contributed by atoms with Crippen molar-refractivity contribution in [1.82, 2.24) is 15.6 Å². The van der Waals surface area contributed by atoms with Gasteiger partial charge >= 0.3 is 11.6 Å². The van der Waals surface area contributed by atoms with Gasteiger partial charge in [0, 0.05) is 5.56 Å². The van der Waals surface area contributed by atoms with E-state index in [1.807, 2.05) is 18.2 Å². The first kappa shape index (κ1) is 35.2. The van der Waals surface area contributed by atoms with E-state index in [1.54, 1.807) is 74.7 Å². The van der Waals surface area contributed by atoms with Crippen molar-refractivity contribution in [1.29, 1.82) is 0 Å². The maximum atomic E-state index is 13.3. The van der Waals surface area contributed by atoms with Crippen LogP contribution in [0.2, 0.25) is 0 Å². The number of hydrazine groups is 2. The molecule has 4 aromatic carbocycles. The number of anilines is 1. The van der Waals surface area contributed by atoms with Gasteiger partial charge in [-0.05, 0) is 73.7 Å². The van der Waals surface area contributed by atoms with Crippen LogP contribution in [0.25, 0.3) is 0 Å². The second-order valence-electron chi connectivity index (χ2n) is 11.3. The van der Waals surface area contributed by atoms with Crippen LogP contribution >= 0.6 is 0 Å². The molecule has 1 heterocycles. The van der Waals surface area contributed by atoms with E-state index in [9.17, 15) is 24.8 Å². The molecule has 1 fully saturated rings. The fraction of sp³-hybridized carbons (Fsp3) is 0.243. The van der Waals surface area contributed by atoms with Gasteiger partial charge in [0.15, 0.2) is 5.69 Å². The molecule has 13 nitrogen and oxygen atoms in total. The Kier molecular flexibility index (Phi) is 11.9. The Morgan fingerprint density at radius 1 is 0.920 bits per heavy atom. The molecule has 3 N–H and O–H groups in total. The van der Waals surface area contributed by atoms with Crippen LogP contribution in [-0.4, -0.2) is 52.3 Å². The molecule has 0 radical (unpaired) electrons. The number of carbonyl (C=O) groups is 2. The highest BCUT2D eigenvalue weighted by atomic mass is 16.6. The Morgan fingerprint density at radius 3 is 2.28 bits per heavy atom. The van der Waals surface area contributed by atoms with Gasteiger partial charge in [-0.15, -0.1) is 5.12 Å². The SMILES string of the molecule is CCOC(O)=C1C(=O)NN(Cc2ccc(OCCCCc3ccccc3)c(NC(=O)c3ccccc3)c2[N+](=O)[O-])N1Cc1ccc(OC)cc1. The van der Waals surface area contributed by atoms with Gasteiger partial charge in [0.25, 0.3) is 11.8 Å². The van der Waals surface area contributed by atoms with Gasteiger partial charge in [-0.1, -0.05) is 60.7 Å². The van der Waals surface area contributed by atoms with E-state index in [4.69, 9.17) is 14.2 Å². The van der Waals surface area contributed by atoms with Crippen LogP contribution < -0.4 is 20.2 Å². The van der Waals surface area contributed by atoms with Crippen molar-refractivity contribution in [2.45, 2.75) is 39.3 Å². The predicted molar refractivity (Wildman–Crippen MR) is 186 cm³/mol. The number of amides is 2. The van der Waals surface area contributed by atoms with Crippen LogP contribution in [0, 0.1) is 10.1 Å². The molecule has 0 saturated carbocycles. The summed E-state index contributed by atoms with van der Waals surface area (Å²) in [6.45, 7) is 1.90. The Bertz CT molecular complexity index is 1820. The zero-order valence-corrected chi connectivity index (χ0v) is 27.8. The van der Waals surface area contributed by atoms with Crippen molar-refractivity contribution in [3.63, 3.8) is 0 Å². The molecule has 0 spiro atoms. The molecule has 2 amide bonds. The number of unbranched alkanes of at least 4 members (excludes halogenated alkanes) is 1. The highest BCUT2D eigenvalue weighted by molar-refractivity contribution is 6.06. The summed E-state index contributed by atoms with van der Waals surface area (Å²) < 4.78 is 16.6. The van der Waals surface area contributed by atoms with Crippen molar-refractivity contribution in [2.75, 3.05) is 25.6 Å². The number of methoxy groups -OCH3 is 1. The number of benzene rings is 4. The van der Waals surface area contributed by atoms with Crippen molar-refractivity contribution in [3.05, 3.63) is 141 Å². The average Bonchev–Trinajstić information content (AvgIpc) is 3.43. The Morgan fingerprint density at radius 2 is 1.62 bits per heavy atom. The summed E-state index contributed by atoms with van der Waals surface area (Å²) in [6, 6.07) is 28.6. The van der Waals surface area contributed by atoms with Crippen LogP contribution in [0.4, 0.5) is 11.4 Å². The first-order valence-corrected chi connectivity index (χ1v) is 16.2. The predicted octanol–water partition coefficient (Wildman–Crippen LogP) is 6.29. The van der Waals surface area contributed by atoms with Crippen molar-refractivity contribution >= 4 is 23.2 Å². The van der Waals surface area contributed by atoms with Crippen LogP contribution in [0.5, 0.6) is 11.5 Å². The Labute approximate surface area is 289 Å². The summed E-state index contributed by atoms with van der Waals surface area (Å²) in [6.07, 6.45) is 2.36. The Balaban J connectivity index is 1.46. The minimum Gasteiger partial charge on any atom is -0.497 e. The zero-order chi connectivity index (χ0) is 35.5. The molecule has 0 bridgehead atoms. The average molecular weight is 682 g/mol. The molecular formula is C37H39N5O8. The minimum atomic E-state index is -0.667. The first-order valence-electron chi connectivity index (χ1n) is 16.2. The van der Waals surface area contributed by atoms with Crippen LogP contribution in [0.15, 0.2) is 109 Å². The number of nitrogens with zero attached hydrogens (tertiary/aromatic N) is 3. The van der Waals surface area contributed by atoms with Crippen LogP contribution in [0.1, 0.15) is 46.8 Å². The summed E-state index contributed by atoms with van der Waals surface area (Å²) in [5.74, 6) is -1.04. The van der Waals surface area contributed by atoms with Gasteiger partial charge in [-0.25, -0.2) is 0 Å². The molecule has 13 heteroatoms. The number of nitro benzene ring substituents is 1. The molecule has 1 aliphatic rings. The summed E-state index contributed by atoms with van der Waals surface area (Å²) in [7, 11) is 1.55. The number of nitrogens with one attached hydrogen (secondary N) is 2. The minimum absolute atomic E-state index is 0.0881. The lowest BCUT2D eigenvalue weighted by Crippen LogP contribution is -2.41. The molecule has 0 aromatic heterocycles. The van der Waals surface area contributed by atoms with Crippen molar-refractivity contribution < 1.29 is 33.8 Å². The second-order valence-corrected chi connectivity index (χ2v) is 11.3. The molecule has 0 aliphatic carbocycles. The third-order valence-corrected chi connectivity index (χ3v) is 7.93. The molecule has 1 saturated heterocycles. The number of nitro groups is 1. The molecule has 0 unspecified atom stereocenters. The zero-order valence-electron chi connectivity index (χ0n) is 27.8. The van der Waals surface area contributed by atoms with E-state index < -0.39 is 28.4 Å². The van der Waals surface area contributed by atoms with E-state index in [-0.39, 0.29) is 49.0 Å². The fourth-order valence-corrected chi connectivity index (χ4v) is 5.46. The van der Waals surface area contributed by atoms with E-state index >= 15 is 0 Å². The van der Waals surface area contributed by atoms with Crippen LogP contribution in [0.3, 0.4) is 0 Å². The van der Waals surface area contributed by atoms with Gasteiger partial charge in [0.2, 0.25) is 5.70 Å². The number of aryl methyl sites for hydroxylation is 1. The monoisotopic (exact) mass is 681 g/mol. The number of hydrogen-bond donors (Lipinski definition) is 3. The smallest absolute Gasteiger partial charge is 0.308 e. The van der Waals surface area contributed by atoms with Crippen LogP contribution in [-0.2, 0) is 29.0 Å². The number of ether oxygens (including phenoxy) is 3. The lowest BCUT2D eigenvalue weighted by Gasteiger charge is -2.28. The molecule has 4 aromatic rings. The second kappa shape index (κ2) is 16.8. The molecule has 0 atom stereocenters. The summed E-state index contributed by atoms with van der Waals surface area (Å²) in [5.41, 5.74) is 4.40. The topological polar surface area (TPSA) is 156 Å². The maximum Gasteiger partial charge on any atom is 0.308 e. The lowest BCUT2D eigenvalue weighted by molar-refractivity contribution is -0.385. The molecule has 260 valence electrons.